The maximum Gasteiger partial charge on any atom is 0.227 e. The molecule has 0 N–H and O–H groups in total. The van der Waals surface area contributed by atoms with Crippen molar-refractivity contribution in [2.75, 3.05) is 13.1 Å². The van der Waals surface area contributed by atoms with Crippen molar-refractivity contribution >= 4 is 28.5 Å². The molecule has 0 bridgehead atoms. The van der Waals surface area contributed by atoms with Gasteiger partial charge in [0.25, 0.3) is 0 Å². The number of hydrogen-bond donors (Lipinski definition) is 0. The van der Waals surface area contributed by atoms with Gasteiger partial charge in [0, 0.05) is 35.1 Å². The third kappa shape index (κ3) is 5.44. The molecule has 1 saturated heterocycles. The second kappa shape index (κ2) is 9.52. The van der Waals surface area contributed by atoms with Gasteiger partial charge in [-0.05, 0) is 65.5 Å². The Morgan fingerprint density at radius 3 is 2.52 bits per heavy atom. The lowest BCUT2D eigenvalue weighted by atomic mass is 9.90. The molecular weight excluding hydrogens is 477 g/mol. The third-order valence-electron chi connectivity index (χ3n) is 5.46. The Morgan fingerprint density at radius 2 is 1.79 bits per heavy atom. The summed E-state index contributed by atoms with van der Waals surface area (Å²) in [5.41, 5.74) is 2.31. The van der Waals surface area contributed by atoms with Gasteiger partial charge in [0.1, 0.15) is 0 Å². The van der Waals surface area contributed by atoms with E-state index in [-0.39, 0.29) is 5.91 Å². The molecule has 6 heteroatoms. The van der Waals surface area contributed by atoms with Crippen LogP contribution in [0.2, 0.25) is 0 Å². The highest BCUT2D eigenvalue weighted by Gasteiger charge is 2.23. The average Bonchev–Trinajstić information content (AvgIpc) is 3.23. The first-order valence-electron chi connectivity index (χ1n) is 10.1. The number of carbonyl (C=O) groups is 1. The highest BCUT2D eigenvalue weighted by Crippen LogP contribution is 2.23. The fraction of sp³-hybridized carbons (Fsp3) is 0.348. The van der Waals surface area contributed by atoms with Crippen LogP contribution in [0.5, 0.6) is 0 Å². The number of likely N-dealkylation sites (tertiary alicyclic amines) is 1. The minimum Gasteiger partial charge on any atom is -0.343 e. The summed E-state index contributed by atoms with van der Waals surface area (Å²) in [7, 11) is 0. The van der Waals surface area contributed by atoms with Gasteiger partial charge in [0.05, 0.1) is 0 Å². The van der Waals surface area contributed by atoms with Gasteiger partial charge in [-0.1, -0.05) is 47.6 Å². The molecule has 150 valence electrons. The molecule has 0 radical (unpaired) electrons. The Morgan fingerprint density at radius 1 is 1.07 bits per heavy atom. The van der Waals surface area contributed by atoms with E-state index in [1.807, 2.05) is 29.2 Å². The summed E-state index contributed by atoms with van der Waals surface area (Å²) in [4.78, 5) is 19.0. The topological polar surface area (TPSA) is 59.2 Å². The van der Waals surface area contributed by atoms with Crippen LogP contribution in [0, 0.1) is 9.49 Å². The Hall–Kier alpha value is -2.22. The highest BCUT2D eigenvalue weighted by atomic mass is 127. The summed E-state index contributed by atoms with van der Waals surface area (Å²) in [6, 6.07) is 18.6. The Kier molecular flexibility index (Phi) is 6.59. The van der Waals surface area contributed by atoms with Gasteiger partial charge in [0.15, 0.2) is 0 Å². The third-order valence-corrected chi connectivity index (χ3v) is 6.18. The number of carbonyl (C=O) groups excluding carboxylic acids is 1. The van der Waals surface area contributed by atoms with E-state index in [4.69, 9.17) is 4.52 Å². The summed E-state index contributed by atoms with van der Waals surface area (Å²) in [5, 5.41) is 4.04. The fourth-order valence-electron chi connectivity index (χ4n) is 3.78. The molecule has 0 unspecified atom stereocenters. The standard InChI is InChI=1S/C23H24IN3O2/c24-20-8-6-19(7-9-20)23-25-21(29-26-23)10-11-22(28)27-14-12-18(13-15-27)16-17-4-2-1-3-5-17/h1-9,18H,10-16H2. The number of aromatic nitrogens is 2. The SMILES string of the molecule is O=C(CCc1nc(-c2ccc(I)cc2)no1)N1CCC(Cc2ccccc2)CC1. The van der Waals surface area contributed by atoms with Crippen LogP contribution in [0.4, 0.5) is 0 Å². The zero-order valence-electron chi connectivity index (χ0n) is 16.3. The number of halogens is 1. The number of benzene rings is 2. The maximum atomic E-state index is 12.6. The molecule has 2 heterocycles. The lowest BCUT2D eigenvalue weighted by molar-refractivity contribution is -0.132. The molecule has 0 spiro atoms. The van der Waals surface area contributed by atoms with Crippen molar-refractivity contribution in [2.45, 2.75) is 32.1 Å². The number of aryl methyl sites for hydroxylation is 1. The smallest absolute Gasteiger partial charge is 0.227 e. The summed E-state index contributed by atoms with van der Waals surface area (Å²) >= 11 is 2.26. The Bertz CT molecular complexity index is 932. The minimum atomic E-state index is 0.178. The van der Waals surface area contributed by atoms with Gasteiger partial charge in [-0.25, -0.2) is 0 Å². The second-order valence-electron chi connectivity index (χ2n) is 7.53. The molecule has 3 aromatic rings. The molecule has 0 saturated carbocycles. The predicted octanol–water partition coefficient (Wildman–Crippen LogP) is 4.76. The molecule has 1 fully saturated rings. The van der Waals surface area contributed by atoms with Crippen LogP contribution in [0.1, 0.15) is 30.7 Å². The van der Waals surface area contributed by atoms with Gasteiger partial charge in [0.2, 0.25) is 17.6 Å². The number of rotatable bonds is 6. The average molecular weight is 501 g/mol. The van der Waals surface area contributed by atoms with Gasteiger partial charge in [-0.15, -0.1) is 0 Å². The van der Waals surface area contributed by atoms with E-state index in [1.54, 1.807) is 0 Å². The summed E-state index contributed by atoms with van der Waals surface area (Å²) in [6.07, 6.45) is 4.14. The Labute approximate surface area is 184 Å². The van der Waals surface area contributed by atoms with Crippen LogP contribution in [-0.4, -0.2) is 34.0 Å². The van der Waals surface area contributed by atoms with Crippen molar-refractivity contribution < 1.29 is 9.32 Å². The van der Waals surface area contributed by atoms with Gasteiger partial charge >= 0.3 is 0 Å². The molecule has 1 aliphatic rings. The van der Waals surface area contributed by atoms with Crippen molar-refractivity contribution in [1.29, 1.82) is 0 Å². The molecule has 29 heavy (non-hydrogen) atoms. The lowest BCUT2D eigenvalue weighted by Crippen LogP contribution is -2.39. The van der Waals surface area contributed by atoms with Crippen LogP contribution in [0.3, 0.4) is 0 Å². The van der Waals surface area contributed by atoms with E-state index in [0.717, 1.165) is 41.5 Å². The van der Waals surface area contributed by atoms with Crippen LogP contribution in [0.15, 0.2) is 59.1 Å². The zero-order valence-corrected chi connectivity index (χ0v) is 18.4. The molecule has 1 aromatic heterocycles. The van der Waals surface area contributed by atoms with Gasteiger partial charge in [-0.3, -0.25) is 4.79 Å². The van der Waals surface area contributed by atoms with Crippen LogP contribution < -0.4 is 0 Å². The molecule has 5 nitrogen and oxygen atoms in total. The predicted molar refractivity (Wildman–Crippen MR) is 120 cm³/mol. The van der Waals surface area contributed by atoms with Crippen LogP contribution >= 0.6 is 22.6 Å². The van der Waals surface area contributed by atoms with Crippen LogP contribution in [0.25, 0.3) is 11.4 Å². The van der Waals surface area contributed by atoms with E-state index in [2.05, 4.69) is 63.1 Å². The molecule has 0 atom stereocenters. The second-order valence-corrected chi connectivity index (χ2v) is 8.78. The monoisotopic (exact) mass is 501 g/mol. The van der Waals surface area contributed by atoms with E-state index >= 15 is 0 Å². The van der Waals surface area contributed by atoms with Gasteiger partial charge < -0.3 is 9.42 Å². The fourth-order valence-corrected chi connectivity index (χ4v) is 4.14. The van der Waals surface area contributed by atoms with E-state index in [9.17, 15) is 4.79 Å². The van der Waals surface area contributed by atoms with Crippen molar-refractivity contribution in [2.24, 2.45) is 5.92 Å². The summed E-state index contributed by atoms with van der Waals surface area (Å²) < 4.78 is 6.50. The first kappa shape index (κ1) is 20.1. The molecule has 1 amide bonds. The maximum absolute atomic E-state index is 12.6. The molecule has 1 aliphatic heterocycles. The van der Waals surface area contributed by atoms with E-state index < -0.39 is 0 Å². The summed E-state index contributed by atoms with van der Waals surface area (Å²) in [5.74, 6) is 1.93. The van der Waals surface area contributed by atoms with Crippen LogP contribution in [-0.2, 0) is 17.6 Å². The molecule has 0 aliphatic carbocycles. The number of nitrogens with zero attached hydrogens (tertiary/aromatic N) is 3. The molecular formula is C23H24IN3O2. The van der Waals surface area contributed by atoms with Crippen molar-refractivity contribution in [1.82, 2.24) is 15.0 Å². The van der Waals surface area contributed by atoms with E-state index in [0.29, 0.717) is 30.5 Å². The minimum absolute atomic E-state index is 0.178. The zero-order chi connectivity index (χ0) is 20.1. The van der Waals surface area contributed by atoms with Crippen molar-refractivity contribution in [3.8, 4) is 11.4 Å². The number of amides is 1. The number of piperidine rings is 1. The lowest BCUT2D eigenvalue weighted by Gasteiger charge is -2.32. The number of hydrogen-bond acceptors (Lipinski definition) is 4. The van der Waals surface area contributed by atoms with Crippen molar-refractivity contribution in [3.63, 3.8) is 0 Å². The Balaban J connectivity index is 1.24. The van der Waals surface area contributed by atoms with E-state index in [1.165, 1.54) is 5.56 Å². The van der Waals surface area contributed by atoms with Crippen molar-refractivity contribution in [3.05, 3.63) is 69.6 Å². The molecule has 2 aromatic carbocycles. The largest absolute Gasteiger partial charge is 0.343 e. The quantitative estimate of drug-likeness (QED) is 0.458. The first-order chi connectivity index (χ1) is 14.2. The first-order valence-corrected chi connectivity index (χ1v) is 11.2. The highest BCUT2D eigenvalue weighted by molar-refractivity contribution is 14.1. The van der Waals surface area contributed by atoms with Gasteiger partial charge in [-0.2, -0.15) is 4.98 Å². The molecule has 4 rings (SSSR count). The normalized spacial score (nSPS) is 14.9. The summed E-state index contributed by atoms with van der Waals surface area (Å²) in [6.45, 7) is 1.68.